The van der Waals surface area contributed by atoms with Crippen molar-refractivity contribution in [3.63, 3.8) is 0 Å². The zero-order valence-electron chi connectivity index (χ0n) is 28.9. The molecular formula is C40H48F2O5Si. The van der Waals surface area contributed by atoms with Crippen LogP contribution in [0.5, 0.6) is 5.75 Å². The lowest BCUT2D eigenvalue weighted by atomic mass is 9.83. The van der Waals surface area contributed by atoms with Crippen molar-refractivity contribution in [2.45, 2.75) is 103 Å². The summed E-state index contributed by atoms with van der Waals surface area (Å²) in [6.45, 7) is 16.9. The molecule has 1 aliphatic carbocycles. The number of unbranched alkanes of at least 4 members (excludes halogenated alkanes) is 1. The van der Waals surface area contributed by atoms with Crippen LogP contribution >= 0.6 is 0 Å². The highest BCUT2D eigenvalue weighted by Gasteiger charge is 2.35. The molecule has 1 fully saturated rings. The van der Waals surface area contributed by atoms with Crippen molar-refractivity contribution >= 4 is 20.0 Å². The molecular weight excluding hydrogens is 627 g/mol. The van der Waals surface area contributed by atoms with Gasteiger partial charge in [-0.2, -0.15) is 0 Å². The number of carbonyl (C=O) groups is 2. The van der Waals surface area contributed by atoms with E-state index in [2.05, 4.69) is 33.2 Å². The van der Waals surface area contributed by atoms with Crippen LogP contribution in [0.25, 0.3) is 22.3 Å². The van der Waals surface area contributed by atoms with Crippen molar-refractivity contribution in [2.75, 3.05) is 0 Å². The van der Waals surface area contributed by atoms with Gasteiger partial charge in [0.1, 0.15) is 19.0 Å². The summed E-state index contributed by atoms with van der Waals surface area (Å²) in [5.41, 5.74) is 4.31. The Balaban J connectivity index is 1.56. The largest absolute Gasteiger partial charge is 0.507 e. The van der Waals surface area contributed by atoms with Gasteiger partial charge in [-0.3, -0.25) is 0 Å². The molecule has 0 atom stereocenters. The topological polar surface area (TPSA) is 72.8 Å². The standard InChI is InChI=1S/C40H48F2O5Si/c1-8-9-20-48(6,7)33-16-14-29(15-17-33)35-19-18-34(36(41)37(35)42)28-12-10-27(11-13-28)30-21-31(23-46-39(44)25(2)3)38(43)32(22-30)24-47-40(45)26(4)5/h10-13,18-19,21-22,29,33,43H,2,4,8-9,14-17,20,23-24H2,1,3,5-7H3. The predicted molar refractivity (Wildman–Crippen MR) is 190 cm³/mol. The van der Waals surface area contributed by atoms with Gasteiger partial charge in [-0.1, -0.05) is 101 Å². The number of carbonyl (C=O) groups excluding carboxylic acids is 2. The van der Waals surface area contributed by atoms with E-state index in [4.69, 9.17) is 9.47 Å². The van der Waals surface area contributed by atoms with E-state index in [9.17, 15) is 14.7 Å². The Kier molecular flexibility index (Phi) is 12.2. The fraction of sp³-hybridized carbons (Fsp3) is 0.400. The summed E-state index contributed by atoms with van der Waals surface area (Å²) in [7, 11) is -1.32. The Morgan fingerprint density at radius 2 is 1.33 bits per heavy atom. The maximum Gasteiger partial charge on any atom is 0.333 e. The van der Waals surface area contributed by atoms with Crippen LogP contribution < -0.4 is 0 Å². The molecule has 0 unspecified atom stereocenters. The van der Waals surface area contributed by atoms with E-state index < -0.39 is 31.6 Å². The van der Waals surface area contributed by atoms with Crippen molar-refractivity contribution in [2.24, 2.45) is 0 Å². The van der Waals surface area contributed by atoms with Gasteiger partial charge in [0.25, 0.3) is 0 Å². The van der Waals surface area contributed by atoms with Gasteiger partial charge >= 0.3 is 11.9 Å². The lowest BCUT2D eigenvalue weighted by Gasteiger charge is -2.38. The first kappa shape index (κ1) is 36.8. The molecule has 48 heavy (non-hydrogen) atoms. The van der Waals surface area contributed by atoms with Gasteiger partial charge in [0.15, 0.2) is 11.6 Å². The minimum absolute atomic E-state index is 0.0328. The summed E-state index contributed by atoms with van der Waals surface area (Å²) in [5, 5.41) is 10.9. The Bertz CT molecular complexity index is 1620. The molecule has 0 bridgehead atoms. The first-order valence-electron chi connectivity index (χ1n) is 16.8. The van der Waals surface area contributed by atoms with Crippen molar-refractivity contribution in [3.8, 4) is 28.0 Å². The smallest absolute Gasteiger partial charge is 0.333 e. The third-order valence-corrected chi connectivity index (χ3v) is 14.2. The molecule has 3 aromatic rings. The van der Waals surface area contributed by atoms with E-state index in [1.54, 1.807) is 48.5 Å². The molecule has 8 heteroatoms. The minimum atomic E-state index is -1.32. The molecule has 4 rings (SSSR count). The first-order valence-corrected chi connectivity index (χ1v) is 20.1. The van der Waals surface area contributed by atoms with Crippen LogP contribution in [0.2, 0.25) is 24.7 Å². The Morgan fingerprint density at radius 1 is 0.812 bits per heavy atom. The zero-order valence-corrected chi connectivity index (χ0v) is 29.9. The van der Waals surface area contributed by atoms with Crippen LogP contribution in [0.15, 0.2) is 72.8 Å². The summed E-state index contributed by atoms with van der Waals surface area (Å²) in [6, 6.07) is 15.1. The number of hydrogen-bond acceptors (Lipinski definition) is 5. The van der Waals surface area contributed by atoms with E-state index in [-0.39, 0.29) is 41.6 Å². The van der Waals surface area contributed by atoms with E-state index in [0.29, 0.717) is 33.4 Å². The van der Waals surface area contributed by atoms with E-state index in [1.807, 2.05) is 0 Å². The summed E-state index contributed by atoms with van der Waals surface area (Å²) >= 11 is 0. The molecule has 1 aliphatic rings. The van der Waals surface area contributed by atoms with Crippen molar-refractivity contribution < 1.29 is 33.0 Å². The summed E-state index contributed by atoms with van der Waals surface area (Å²) in [5.74, 6) is -2.96. The lowest BCUT2D eigenvalue weighted by Crippen LogP contribution is -2.34. The van der Waals surface area contributed by atoms with Gasteiger partial charge in [0, 0.05) is 27.8 Å². The lowest BCUT2D eigenvalue weighted by molar-refractivity contribution is -0.140. The minimum Gasteiger partial charge on any atom is -0.507 e. The maximum atomic E-state index is 15.6. The van der Waals surface area contributed by atoms with Crippen LogP contribution in [0.1, 0.15) is 81.9 Å². The summed E-state index contributed by atoms with van der Waals surface area (Å²) in [4.78, 5) is 24.1. The number of hydrogen-bond donors (Lipinski definition) is 1. The van der Waals surface area contributed by atoms with Crippen LogP contribution in [0.3, 0.4) is 0 Å². The molecule has 0 saturated heterocycles. The molecule has 5 nitrogen and oxygen atoms in total. The monoisotopic (exact) mass is 674 g/mol. The Labute approximate surface area is 284 Å². The van der Waals surface area contributed by atoms with Crippen molar-refractivity contribution in [3.05, 3.63) is 101 Å². The summed E-state index contributed by atoms with van der Waals surface area (Å²) < 4.78 is 41.7. The highest BCUT2D eigenvalue weighted by molar-refractivity contribution is 6.78. The van der Waals surface area contributed by atoms with E-state index in [0.717, 1.165) is 31.2 Å². The van der Waals surface area contributed by atoms with Gasteiger partial charge in [-0.05, 0) is 72.5 Å². The predicted octanol–water partition coefficient (Wildman–Crippen LogP) is 10.8. The zero-order chi connectivity index (χ0) is 35.2. The van der Waals surface area contributed by atoms with Crippen LogP contribution in [-0.4, -0.2) is 25.1 Å². The molecule has 3 aromatic carbocycles. The van der Waals surface area contributed by atoms with Gasteiger partial charge < -0.3 is 14.6 Å². The maximum absolute atomic E-state index is 15.6. The number of esters is 2. The number of ether oxygens (including phenoxy) is 2. The highest BCUT2D eigenvalue weighted by Crippen LogP contribution is 2.46. The molecule has 1 saturated carbocycles. The third-order valence-electron chi connectivity index (χ3n) is 9.77. The highest BCUT2D eigenvalue weighted by atomic mass is 28.3. The second kappa shape index (κ2) is 15.9. The number of phenols is 1. The number of phenolic OH excluding ortho intramolecular Hbond substituents is 1. The van der Waals surface area contributed by atoms with E-state index in [1.165, 1.54) is 32.7 Å². The van der Waals surface area contributed by atoms with Gasteiger partial charge in [-0.15, -0.1) is 0 Å². The second-order valence-corrected chi connectivity index (χ2v) is 19.2. The molecule has 256 valence electrons. The SMILES string of the molecule is C=C(C)C(=O)OCc1cc(-c2ccc(-c3ccc(C4CCC([Si](C)(C)CCCC)CC4)c(F)c3F)cc2)cc(COC(=O)C(=C)C)c1O. The average Bonchev–Trinajstić information content (AvgIpc) is 3.07. The van der Waals surface area contributed by atoms with Gasteiger partial charge in [0.05, 0.1) is 8.07 Å². The van der Waals surface area contributed by atoms with Gasteiger partial charge in [-0.25, -0.2) is 18.4 Å². The fourth-order valence-corrected chi connectivity index (χ4v) is 10.2. The van der Waals surface area contributed by atoms with Crippen LogP contribution in [0, 0.1) is 11.6 Å². The van der Waals surface area contributed by atoms with Crippen molar-refractivity contribution in [1.82, 2.24) is 0 Å². The van der Waals surface area contributed by atoms with Crippen molar-refractivity contribution in [1.29, 1.82) is 0 Å². The van der Waals surface area contributed by atoms with Crippen LogP contribution in [-0.2, 0) is 32.3 Å². The molecule has 0 spiro atoms. The molecule has 0 heterocycles. The molecule has 0 amide bonds. The second-order valence-electron chi connectivity index (χ2n) is 13.9. The molecule has 0 aromatic heterocycles. The normalized spacial score (nSPS) is 16.3. The fourth-order valence-electron chi connectivity index (χ4n) is 6.65. The Morgan fingerprint density at radius 3 is 1.83 bits per heavy atom. The number of aromatic hydroxyl groups is 1. The summed E-state index contributed by atoms with van der Waals surface area (Å²) in [6.07, 6.45) is 6.46. The average molecular weight is 675 g/mol. The molecule has 0 radical (unpaired) electrons. The quantitative estimate of drug-likeness (QED) is 0.111. The number of halogens is 2. The first-order chi connectivity index (χ1) is 22.7. The van der Waals surface area contributed by atoms with E-state index >= 15 is 8.78 Å². The van der Waals surface area contributed by atoms with Crippen LogP contribution in [0.4, 0.5) is 8.78 Å². The Hall–Kier alpha value is -4.04. The number of rotatable bonds is 13. The van der Waals surface area contributed by atoms with Gasteiger partial charge in [0.2, 0.25) is 0 Å². The number of benzene rings is 3. The molecule has 0 aliphatic heterocycles. The third kappa shape index (κ3) is 8.70. The molecule has 1 N–H and O–H groups in total.